The minimum absolute atomic E-state index is 0.151. The lowest BCUT2D eigenvalue weighted by Gasteiger charge is -2.39. The number of alkyl halides is 3. The van der Waals surface area contributed by atoms with E-state index in [0.29, 0.717) is 12.8 Å². The minimum atomic E-state index is -5.08. The molecule has 0 aromatic carbocycles. The lowest BCUT2D eigenvalue weighted by atomic mass is 9.76. The average Bonchev–Trinajstić information content (AvgIpc) is 2.25. The zero-order valence-corrected chi connectivity index (χ0v) is 10.1. The van der Waals surface area contributed by atoms with E-state index in [2.05, 4.69) is 16.1 Å². The van der Waals surface area contributed by atoms with Crippen LogP contribution in [0.5, 0.6) is 0 Å². The van der Waals surface area contributed by atoms with Gasteiger partial charge in [-0.25, -0.2) is 4.79 Å². The van der Waals surface area contributed by atoms with Gasteiger partial charge < -0.3 is 15.2 Å². The molecule has 0 spiro atoms. The number of halogens is 3. The van der Waals surface area contributed by atoms with Gasteiger partial charge in [-0.05, 0) is 0 Å². The number of carbonyl (C=O) groups is 2. The molecule has 0 saturated carbocycles. The molecule has 2 N–H and O–H groups in total. The lowest BCUT2D eigenvalue weighted by molar-refractivity contribution is -0.192. The van der Waals surface area contributed by atoms with Gasteiger partial charge in [0.05, 0.1) is 19.6 Å². The van der Waals surface area contributed by atoms with E-state index in [-0.39, 0.29) is 11.4 Å². The summed E-state index contributed by atoms with van der Waals surface area (Å²) in [5.74, 6) is -2.99. The maximum atomic E-state index is 10.9. The molecule has 0 bridgehead atoms. The maximum absolute atomic E-state index is 10.9. The fourth-order valence-corrected chi connectivity index (χ4v) is 1.34. The average molecular weight is 282 g/mol. The first-order valence-corrected chi connectivity index (χ1v) is 5.11. The smallest absolute Gasteiger partial charge is 0.475 e. The van der Waals surface area contributed by atoms with E-state index in [1.54, 1.807) is 0 Å². The van der Waals surface area contributed by atoms with Gasteiger partial charge in [-0.1, -0.05) is 0 Å². The fraction of sp³-hybridized carbons (Fsp3) is 0.700. The summed E-state index contributed by atoms with van der Waals surface area (Å²) >= 11 is 0. The van der Waals surface area contributed by atoms with E-state index in [1.807, 2.05) is 0 Å². The molecule has 6 nitrogen and oxygen atoms in total. The number of carboxylic acids is 1. The summed E-state index contributed by atoms with van der Waals surface area (Å²) in [4.78, 5) is 19.8. The minimum Gasteiger partial charge on any atom is -0.475 e. The van der Waals surface area contributed by atoms with Crippen LogP contribution in [0.15, 0.2) is 0 Å². The fourth-order valence-electron chi connectivity index (χ4n) is 1.34. The zero-order chi connectivity index (χ0) is 15.1. The molecule has 108 valence electrons. The molecular formula is C10H13F3N2O4. The number of rotatable bonds is 3. The summed E-state index contributed by atoms with van der Waals surface area (Å²) in [6, 6.07) is 2.09. The summed E-state index contributed by atoms with van der Waals surface area (Å²) in [6.45, 7) is 1.49. The van der Waals surface area contributed by atoms with Crippen LogP contribution in [-0.4, -0.2) is 43.4 Å². The van der Waals surface area contributed by atoms with Crippen molar-refractivity contribution in [1.29, 1.82) is 5.26 Å². The van der Waals surface area contributed by atoms with Crippen molar-refractivity contribution < 1.29 is 32.6 Å². The molecule has 1 fully saturated rings. The third kappa shape index (κ3) is 6.05. The van der Waals surface area contributed by atoms with Gasteiger partial charge >= 0.3 is 18.1 Å². The Morgan fingerprint density at radius 2 is 1.95 bits per heavy atom. The van der Waals surface area contributed by atoms with Gasteiger partial charge in [-0.2, -0.15) is 18.4 Å². The third-order valence-corrected chi connectivity index (χ3v) is 2.44. The van der Waals surface area contributed by atoms with Crippen LogP contribution in [0.1, 0.15) is 12.8 Å². The predicted octanol–water partition coefficient (Wildman–Crippen LogP) is 0.686. The van der Waals surface area contributed by atoms with E-state index in [1.165, 1.54) is 7.11 Å². The van der Waals surface area contributed by atoms with Crippen LogP contribution in [0.2, 0.25) is 0 Å². The second kappa shape index (κ2) is 6.94. The van der Waals surface area contributed by atoms with E-state index >= 15 is 0 Å². The summed E-state index contributed by atoms with van der Waals surface area (Å²) < 4.78 is 36.3. The van der Waals surface area contributed by atoms with Crippen molar-refractivity contribution in [2.45, 2.75) is 19.0 Å². The first-order valence-electron chi connectivity index (χ1n) is 5.11. The number of nitrogens with zero attached hydrogens (tertiary/aromatic N) is 1. The Labute approximate surface area is 107 Å². The summed E-state index contributed by atoms with van der Waals surface area (Å²) in [6.07, 6.45) is -4.31. The molecule has 0 amide bonds. The van der Waals surface area contributed by atoms with Crippen LogP contribution in [0.25, 0.3) is 0 Å². The Kier molecular flexibility index (Phi) is 6.27. The number of ether oxygens (including phenoxy) is 1. The molecule has 19 heavy (non-hydrogen) atoms. The number of aliphatic carboxylic acids is 1. The largest absolute Gasteiger partial charge is 0.490 e. The number of carbonyl (C=O) groups excluding carboxylic acids is 1. The number of carboxylic acid groups (broad SMARTS) is 1. The van der Waals surface area contributed by atoms with Crippen LogP contribution < -0.4 is 5.32 Å². The quantitative estimate of drug-likeness (QED) is 0.739. The lowest BCUT2D eigenvalue weighted by Crippen LogP contribution is -2.54. The zero-order valence-electron chi connectivity index (χ0n) is 10.1. The van der Waals surface area contributed by atoms with Crippen LogP contribution in [0.4, 0.5) is 13.2 Å². The summed E-state index contributed by atoms with van der Waals surface area (Å²) in [5, 5.41) is 18.7. The van der Waals surface area contributed by atoms with E-state index in [4.69, 9.17) is 15.2 Å². The molecule has 1 aliphatic rings. The third-order valence-electron chi connectivity index (χ3n) is 2.44. The highest BCUT2D eigenvalue weighted by Crippen LogP contribution is 2.30. The number of hydrogen-bond acceptors (Lipinski definition) is 5. The van der Waals surface area contributed by atoms with Crippen LogP contribution >= 0.6 is 0 Å². The van der Waals surface area contributed by atoms with Crippen molar-refractivity contribution in [2.75, 3.05) is 20.2 Å². The molecule has 1 heterocycles. The van der Waals surface area contributed by atoms with Crippen LogP contribution in [0.3, 0.4) is 0 Å². The van der Waals surface area contributed by atoms with Gasteiger partial charge in [-0.15, -0.1) is 0 Å². The predicted molar refractivity (Wildman–Crippen MR) is 55.9 cm³/mol. The van der Waals surface area contributed by atoms with Gasteiger partial charge in [-0.3, -0.25) is 4.79 Å². The van der Waals surface area contributed by atoms with Crippen molar-refractivity contribution in [2.24, 2.45) is 5.41 Å². The Hall–Kier alpha value is -1.82. The monoisotopic (exact) mass is 282 g/mol. The highest BCUT2D eigenvalue weighted by Gasteiger charge is 2.39. The molecule has 0 aromatic heterocycles. The molecule has 0 atom stereocenters. The van der Waals surface area contributed by atoms with Crippen molar-refractivity contribution in [3.63, 3.8) is 0 Å². The van der Waals surface area contributed by atoms with Gasteiger partial charge in [0.25, 0.3) is 0 Å². The van der Waals surface area contributed by atoms with Gasteiger partial charge in [0.15, 0.2) is 0 Å². The first kappa shape index (κ1) is 17.2. The maximum Gasteiger partial charge on any atom is 0.490 e. The summed E-state index contributed by atoms with van der Waals surface area (Å²) in [5.41, 5.74) is -0.151. The van der Waals surface area contributed by atoms with Gasteiger partial charge in [0.1, 0.15) is 0 Å². The summed E-state index contributed by atoms with van der Waals surface area (Å²) in [7, 11) is 1.37. The van der Waals surface area contributed by atoms with Crippen molar-refractivity contribution in [3.05, 3.63) is 0 Å². The SMILES string of the molecule is COC(=O)CC1(CC#N)CNC1.O=C(O)C(F)(F)F. The molecule has 1 rings (SSSR count). The van der Waals surface area contributed by atoms with E-state index in [9.17, 15) is 18.0 Å². The Morgan fingerprint density at radius 1 is 1.47 bits per heavy atom. The van der Waals surface area contributed by atoms with Crippen molar-refractivity contribution >= 4 is 11.9 Å². The van der Waals surface area contributed by atoms with E-state index < -0.39 is 12.1 Å². The Bertz CT molecular complexity index is 372. The highest BCUT2D eigenvalue weighted by molar-refractivity contribution is 5.73. The Balaban J connectivity index is 0.000000399. The molecular weight excluding hydrogens is 269 g/mol. The Morgan fingerprint density at radius 3 is 2.16 bits per heavy atom. The van der Waals surface area contributed by atoms with Crippen LogP contribution in [-0.2, 0) is 14.3 Å². The number of nitriles is 1. The molecule has 1 aliphatic heterocycles. The molecule has 0 aliphatic carbocycles. The second-order valence-corrected chi connectivity index (χ2v) is 3.99. The van der Waals surface area contributed by atoms with Crippen LogP contribution in [0, 0.1) is 16.7 Å². The standard InChI is InChI=1S/C8H12N2O2.C2HF3O2/c1-12-7(11)4-8(2-3-9)5-10-6-8;3-2(4,5)1(6)7/h10H,2,4-6H2,1H3;(H,6,7). The van der Waals surface area contributed by atoms with E-state index in [0.717, 1.165) is 13.1 Å². The molecule has 0 radical (unpaired) electrons. The topological polar surface area (TPSA) is 99.4 Å². The van der Waals surface area contributed by atoms with Crippen molar-refractivity contribution in [3.8, 4) is 6.07 Å². The van der Waals surface area contributed by atoms with Gasteiger partial charge in [0.2, 0.25) is 0 Å². The van der Waals surface area contributed by atoms with Crippen molar-refractivity contribution in [1.82, 2.24) is 5.32 Å². The molecule has 9 heteroatoms. The number of nitrogens with one attached hydrogen (secondary N) is 1. The van der Waals surface area contributed by atoms with Gasteiger partial charge in [0, 0.05) is 24.9 Å². The highest BCUT2D eigenvalue weighted by atomic mass is 19.4. The molecule has 0 unspecified atom stereocenters. The number of esters is 1. The second-order valence-electron chi connectivity index (χ2n) is 3.99. The first-order chi connectivity index (χ1) is 8.67. The number of hydrogen-bond donors (Lipinski definition) is 2. The number of methoxy groups -OCH3 is 1. The normalized spacial score (nSPS) is 16.2. The molecule has 1 saturated heterocycles. The molecule has 0 aromatic rings.